The normalized spacial score (nSPS) is 11.8. The van der Waals surface area contributed by atoms with E-state index in [-0.39, 0.29) is 0 Å². The Bertz CT molecular complexity index is 667. The molecule has 0 spiro atoms. The molecule has 0 aliphatic heterocycles. The molecule has 5 nitrogen and oxygen atoms in total. The summed E-state index contributed by atoms with van der Waals surface area (Å²) in [7, 11) is 0. The summed E-state index contributed by atoms with van der Waals surface area (Å²) in [5.41, 5.74) is 6.35. The van der Waals surface area contributed by atoms with Crippen LogP contribution in [0.25, 0.3) is 0 Å². The number of hydrogen-bond acceptors (Lipinski definition) is 4. The van der Waals surface area contributed by atoms with Crippen LogP contribution in [0.2, 0.25) is 0 Å². The van der Waals surface area contributed by atoms with Crippen LogP contribution in [0.3, 0.4) is 0 Å². The van der Waals surface area contributed by atoms with Crippen molar-refractivity contribution in [1.29, 1.82) is 0 Å². The highest BCUT2D eigenvalue weighted by Gasteiger charge is 2.15. The Hall–Kier alpha value is -2.53. The number of benzene rings is 2. The second-order valence-electron chi connectivity index (χ2n) is 5.29. The molecule has 0 fully saturated rings. The molecule has 0 saturated carbocycles. The van der Waals surface area contributed by atoms with Crippen molar-refractivity contribution in [2.45, 2.75) is 26.5 Å². The van der Waals surface area contributed by atoms with E-state index < -0.39 is 12.0 Å². The minimum Gasteiger partial charge on any atom is -0.544 e. The maximum Gasteiger partial charge on any atom is 0.161 e. The SMILES string of the molecule is CCOc1cc([C@@H]([NH3+])C(=O)[O-])ccc1OCc1ccc(C)cc1. The zero-order valence-electron chi connectivity index (χ0n) is 13.4. The fraction of sp³-hybridized carbons (Fsp3) is 0.278. The molecule has 0 amide bonds. The Kier molecular flexibility index (Phi) is 5.60. The molecule has 122 valence electrons. The fourth-order valence-electron chi connectivity index (χ4n) is 2.11. The van der Waals surface area contributed by atoms with Crippen molar-refractivity contribution in [3.63, 3.8) is 0 Å². The van der Waals surface area contributed by atoms with Gasteiger partial charge in [0.25, 0.3) is 0 Å². The van der Waals surface area contributed by atoms with Crippen LogP contribution < -0.4 is 20.3 Å². The average Bonchev–Trinajstić information content (AvgIpc) is 2.54. The molecule has 0 bridgehead atoms. The molecule has 0 heterocycles. The third-order valence-electron chi connectivity index (χ3n) is 3.47. The highest BCUT2D eigenvalue weighted by molar-refractivity contribution is 5.72. The number of carboxylic acid groups (broad SMARTS) is 1. The van der Waals surface area contributed by atoms with Gasteiger partial charge in [-0.05, 0) is 37.6 Å². The quantitative estimate of drug-likeness (QED) is 0.826. The van der Waals surface area contributed by atoms with Crippen LogP contribution in [-0.2, 0) is 11.4 Å². The molecule has 0 aromatic heterocycles. The molecular formula is C18H21NO4. The topological polar surface area (TPSA) is 86.2 Å². The summed E-state index contributed by atoms with van der Waals surface area (Å²) in [4.78, 5) is 10.9. The number of quaternary nitrogens is 1. The zero-order valence-corrected chi connectivity index (χ0v) is 13.4. The molecule has 1 atom stereocenters. The molecular weight excluding hydrogens is 294 g/mol. The van der Waals surface area contributed by atoms with Gasteiger partial charge in [-0.3, -0.25) is 0 Å². The fourth-order valence-corrected chi connectivity index (χ4v) is 2.11. The molecule has 2 aromatic rings. The lowest BCUT2D eigenvalue weighted by molar-refractivity contribution is -0.443. The van der Waals surface area contributed by atoms with Gasteiger partial charge >= 0.3 is 0 Å². The van der Waals surface area contributed by atoms with Gasteiger partial charge in [0.15, 0.2) is 17.5 Å². The van der Waals surface area contributed by atoms with E-state index in [1.54, 1.807) is 18.2 Å². The summed E-state index contributed by atoms with van der Waals surface area (Å²) >= 11 is 0. The standard InChI is InChI=1S/C18H21NO4/c1-3-22-16-10-14(17(19)18(20)21)8-9-15(16)23-11-13-6-4-12(2)5-7-13/h4-10,17H,3,11,19H2,1-2H3,(H,20,21)/t17-/m1/s1. The number of carboxylic acids is 1. The third kappa shape index (κ3) is 4.47. The van der Waals surface area contributed by atoms with Gasteiger partial charge in [-0.15, -0.1) is 0 Å². The smallest absolute Gasteiger partial charge is 0.161 e. The van der Waals surface area contributed by atoms with Gasteiger partial charge in [0, 0.05) is 5.56 Å². The lowest BCUT2D eigenvalue weighted by Crippen LogP contribution is -2.61. The molecule has 23 heavy (non-hydrogen) atoms. The summed E-state index contributed by atoms with van der Waals surface area (Å²) < 4.78 is 11.4. The highest BCUT2D eigenvalue weighted by atomic mass is 16.5. The molecule has 2 aromatic carbocycles. The zero-order chi connectivity index (χ0) is 16.8. The van der Waals surface area contributed by atoms with Gasteiger partial charge in [-0.1, -0.05) is 29.8 Å². The van der Waals surface area contributed by atoms with Gasteiger partial charge in [0.2, 0.25) is 0 Å². The predicted molar refractivity (Wildman–Crippen MR) is 83.8 cm³/mol. The second kappa shape index (κ2) is 7.65. The molecule has 0 aliphatic rings. The monoisotopic (exact) mass is 315 g/mol. The van der Waals surface area contributed by atoms with E-state index in [2.05, 4.69) is 5.73 Å². The summed E-state index contributed by atoms with van der Waals surface area (Å²) in [5.74, 6) is -0.144. The molecule has 0 radical (unpaired) electrons. The molecule has 2 rings (SSSR count). The first-order valence-corrected chi connectivity index (χ1v) is 7.50. The van der Waals surface area contributed by atoms with Gasteiger partial charge in [0.1, 0.15) is 12.6 Å². The van der Waals surface area contributed by atoms with Crippen molar-refractivity contribution in [3.8, 4) is 11.5 Å². The Balaban J connectivity index is 2.16. The Morgan fingerprint density at radius 2 is 1.83 bits per heavy atom. The van der Waals surface area contributed by atoms with Crippen LogP contribution >= 0.6 is 0 Å². The van der Waals surface area contributed by atoms with Crippen molar-refractivity contribution in [3.05, 3.63) is 59.2 Å². The van der Waals surface area contributed by atoms with Gasteiger partial charge in [0.05, 0.1) is 6.61 Å². The maximum absolute atomic E-state index is 10.9. The van der Waals surface area contributed by atoms with E-state index in [4.69, 9.17) is 9.47 Å². The maximum atomic E-state index is 10.9. The van der Waals surface area contributed by atoms with Gasteiger partial charge in [-0.25, -0.2) is 0 Å². The van der Waals surface area contributed by atoms with E-state index in [9.17, 15) is 9.90 Å². The van der Waals surface area contributed by atoms with Crippen molar-refractivity contribution < 1.29 is 25.1 Å². The van der Waals surface area contributed by atoms with Gasteiger partial charge < -0.3 is 25.1 Å². The number of aryl methyl sites for hydroxylation is 1. The average molecular weight is 315 g/mol. The Morgan fingerprint density at radius 3 is 2.43 bits per heavy atom. The van der Waals surface area contributed by atoms with E-state index in [1.165, 1.54) is 5.56 Å². The van der Waals surface area contributed by atoms with E-state index in [1.807, 2.05) is 38.1 Å². The minimum atomic E-state index is -1.22. The van der Waals surface area contributed by atoms with Crippen LogP contribution in [0, 0.1) is 6.92 Å². The lowest BCUT2D eigenvalue weighted by Gasteiger charge is -2.15. The summed E-state index contributed by atoms with van der Waals surface area (Å²) in [5, 5.41) is 10.9. The number of hydrogen-bond donors (Lipinski definition) is 1. The number of aliphatic carboxylic acids is 1. The lowest BCUT2D eigenvalue weighted by atomic mass is 10.1. The van der Waals surface area contributed by atoms with Crippen LogP contribution in [0.15, 0.2) is 42.5 Å². The van der Waals surface area contributed by atoms with Gasteiger partial charge in [-0.2, -0.15) is 0 Å². The Morgan fingerprint density at radius 1 is 1.13 bits per heavy atom. The first-order chi connectivity index (χ1) is 11.0. The number of carbonyl (C=O) groups excluding carboxylic acids is 1. The van der Waals surface area contributed by atoms with Crippen molar-refractivity contribution in [2.24, 2.45) is 0 Å². The van der Waals surface area contributed by atoms with Crippen LogP contribution in [0.4, 0.5) is 0 Å². The summed E-state index contributed by atoms with van der Waals surface area (Å²) in [6.07, 6.45) is 0. The largest absolute Gasteiger partial charge is 0.544 e. The van der Waals surface area contributed by atoms with Crippen LogP contribution in [0.1, 0.15) is 29.7 Å². The predicted octanol–water partition coefficient (Wildman–Crippen LogP) is 1.01. The second-order valence-corrected chi connectivity index (χ2v) is 5.29. The molecule has 0 unspecified atom stereocenters. The molecule has 5 heteroatoms. The number of carbonyl (C=O) groups is 1. The molecule has 0 saturated heterocycles. The first-order valence-electron chi connectivity index (χ1n) is 7.50. The number of ether oxygens (including phenoxy) is 2. The van der Waals surface area contributed by atoms with E-state index >= 15 is 0 Å². The summed E-state index contributed by atoms with van der Waals surface area (Å²) in [6, 6.07) is 12.1. The van der Waals surface area contributed by atoms with Crippen LogP contribution in [-0.4, -0.2) is 12.6 Å². The third-order valence-corrected chi connectivity index (χ3v) is 3.47. The Labute approximate surface area is 135 Å². The van der Waals surface area contributed by atoms with E-state index in [0.717, 1.165) is 5.56 Å². The molecule has 0 aliphatic carbocycles. The van der Waals surface area contributed by atoms with Crippen molar-refractivity contribution in [2.75, 3.05) is 6.61 Å². The summed E-state index contributed by atoms with van der Waals surface area (Å²) in [6.45, 7) is 4.76. The van der Waals surface area contributed by atoms with E-state index in [0.29, 0.717) is 30.3 Å². The minimum absolute atomic E-state index is 0.411. The highest BCUT2D eigenvalue weighted by Crippen LogP contribution is 2.30. The van der Waals surface area contributed by atoms with Crippen molar-refractivity contribution >= 4 is 5.97 Å². The number of rotatable bonds is 7. The van der Waals surface area contributed by atoms with Crippen LogP contribution in [0.5, 0.6) is 11.5 Å². The molecule has 3 N–H and O–H groups in total. The van der Waals surface area contributed by atoms with Crippen molar-refractivity contribution in [1.82, 2.24) is 0 Å². The first kappa shape index (κ1) is 16.8.